The molecule has 0 radical (unpaired) electrons. The van der Waals surface area contributed by atoms with E-state index in [0.717, 1.165) is 29.8 Å². The lowest BCUT2D eigenvalue weighted by Gasteiger charge is -2.09. The Balaban J connectivity index is 1.90. The lowest BCUT2D eigenvalue weighted by atomic mass is 10.2. The van der Waals surface area contributed by atoms with Crippen LogP contribution in [0.4, 0.5) is 5.82 Å². The van der Waals surface area contributed by atoms with Crippen molar-refractivity contribution in [1.82, 2.24) is 10.3 Å². The van der Waals surface area contributed by atoms with Gasteiger partial charge in [-0.15, -0.1) is 0 Å². The van der Waals surface area contributed by atoms with E-state index in [1.807, 2.05) is 37.3 Å². The number of anilines is 1. The highest BCUT2D eigenvalue weighted by atomic mass is 16.5. The Bertz CT molecular complexity index is 741. The van der Waals surface area contributed by atoms with Gasteiger partial charge in [0.25, 0.3) is 5.91 Å². The number of carbonyl (C=O) groups excluding carboxylic acids is 1. The molecule has 0 aliphatic heterocycles. The lowest BCUT2D eigenvalue weighted by molar-refractivity contribution is 0.0951. The smallest absolute Gasteiger partial charge is 0.255 e. The van der Waals surface area contributed by atoms with Gasteiger partial charge >= 0.3 is 0 Å². The van der Waals surface area contributed by atoms with Crippen molar-refractivity contribution in [2.75, 3.05) is 12.3 Å². The molecule has 0 atom stereocenters. The van der Waals surface area contributed by atoms with Gasteiger partial charge in [-0.3, -0.25) is 4.79 Å². The van der Waals surface area contributed by atoms with Crippen molar-refractivity contribution in [1.29, 1.82) is 0 Å². The Labute approximate surface area is 148 Å². The predicted molar refractivity (Wildman–Crippen MR) is 101 cm³/mol. The molecular formula is C20H25N3O2. The molecule has 5 heteroatoms. The average molecular weight is 339 g/mol. The van der Waals surface area contributed by atoms with Gasteiger partial charge in [0.15, 0.2) is 0 Å². The number of ether oxygens (including phenoxy) is 1. The number of hydrogen-bond acceptors (Lipinski definition) is 4. The predicted octanol–water partition coefficient (Wildman–Crippen LogP) is 3.64. The van der Waals surface area contributed by atoms with Crippen molar-refractivity contribution >= 4 is 11.7 Å². The summed E-state index contributed by atoms with van der Waals surface area (Å²) in [6.45, 7) is 4.92. The number of aromatic nitrogens is 1. The minimum atomic E-state index is -0.237. The molecule has 0 bridgehead atoms. The van der Waals surface area contributed by atoms with Crippen molar-refractivity contribution in [3.05, 3.63) is 65.4 Å². The van der Waals surface area contributed by atoms with E-state index in [4.69, 9.17) is 10.5 Å². The van der Waals surface area contributed by atoms with Crippen LogP contribution in [-0.4, -0.2) is 17.5 Å². The molecule has 1 aromatic carbocycles. The van der Waals surface area contributed by atoms with E-state index in [1.54, 1.807) is 12.1 Å². The average Bonchev–Trinajstić information content (AvgIpc) is 2.60. The number of rotatable bonds is 8. The molecule has 0 aliphatic carbocycles. The van der Waals surface area contributed by atoms with E-state index < -0.39 is 0 Å². The summed E-state index contributed by atoms with van der Waals surface area (Å²) in [7, 11) is 0. The number of allylic oxidation sites excluding steroid dienone is 1. The maximum absolute atomic E-state index is 12.2. The van der Waals surface area contributed by atoms with Crippen LogP contribution in [0.3, 0.4) is 0 Å². The van der Waals surface area contributed by atoms with Crippen LogP contribution in [0.1, 0.15) is 41.4 Å². The molecule has 132 valence electrons. The second kappa shape index (κ2) is 9.47. The van der Waals surface area contributed by atoms with Gasteiger partial charge in [0, 0.05) is 12.2 Å². The number of aryl methyl sites for hydroxylation is 1. The van der Waals surface area contributed by atoms with Crippen LogP contribution >= 0.6 is 0 Å². The van der Waals surface area contributed by atoms with E-state index in [0.29, 0.717) is 18.7 Å². The summed E-state index contributed by atoms with van der Waals surface area (Å²) in [5.41, 5.74) is 7.94. The molecule has 0 fully saturated rings. The molecule has 2 aromatic rings. The quantitative estimate of drug-likeness (QED) is 0.720. The molecule has 25 heavy (non-hydrogen) atoms. The molecule has 0 unspecified atom stereocenters. The third-order valence-electron chi connectivity index (χ3n) is 3.63. The van der Waals surface area contributed by atoms with Gasteiger partial charge in [0.05, 0.1) is 5.56 Å². The van der Waals surface area contributed by atoms with Crippen LogP contribution in [0.15, 0.2) is 48.6 Å². The topological polar surface area (TPSA) is 77.2 Å². The summed E-state index contributed by atoms with van der Waals surface area (Å²) in [6.07, 6.45) is 6.33. The molecule has 1 aromatic heterocycles. The Hall–Kier alpha value is -2.82. The molecule has 1 heterocycles. The third-order valence-corrected chi connectivity index (χ3v) is 3.63. The Morgan fingerprint density at radius 1 is 1.28 bits per heavy atom. The van der Waals surface area contributed by atoms with E-state index in [9.17, 15) is 4.79 Å². The number of unbranched alkanes of at least 4 members (excludes halogenated alkanes) is 1. The highest BCUT2D eigenvalue weighted by Gasteiger charge is 2.10. The summed E-state index contributed by atoms with van der Waals surface area (Å²) >= 11 is 0. The number of hydrogen-bond donors (Lipinski definition) is 2. The molecular weight excluding hydrogens is 314 g/mol. The summed E-state index contributed by atoms with van der Waals surface area (Å²) < 4.78 is 5.69. The first-order chi connectivity index (χ1) is 12.1. The van der Waals surface area contributed by atoms with Crippen LogP contribution in [0.2, 0.25) is 0 Å². The Kier molecular flexibility index (Phi) is 7.01. The van der Waals surface area contributed by atoms with Crippen molar-refractivity contribution in [2.24, 2.45) is 0 Å². The molecule has 0 aliphatic rings. The summed E-state index contributed by atoms with van der Waals surface area (Å²) in [5, 5.41) is 2.86. The van der Waals surface area contributed by atoms with E-state index in [-0.39, 0.29) is 11.7 Å². The van der Waals surface area contributed by atoms with Gasteiger partial charge < -0.3 is 15.8 Å². The van der Waals surface area contributed by atoms with Crippen molar-refractivity contribution in [2.45, 2.75) is 33.2 Å². The number of carbonyl (C=O) groups is 1. The van der Waals surface area contributed by atoms with Crippen LogP contribution in [-0.2, 0) is 6.54 Å². The van der Waals surface area contributed by atoms with Crippen molar-refractivity contribution in [3.8, 4) is 5.75 Å². The minimum Gasteiger partial charge on any atom is -0.490 e. The molecule has 1 amide bonds. The van der Waals surface area contributed by atoms with Crippen LogP contribution in [0.25, 0.3) is 0 Å². The fraction of sp³-hybridized carbons (Fsp3) is 0.300. The molecule has 3 N–H and O–H groups in total. The fourth-order valence-electron chi connectivity index (χ4n) is 2.29. The van der Waals surface area contributed by atoms with Gasteiger partial charge in [-0.05, 0) is 43.2 Å². The molecule has 0 saturated carbocycles. The zero-order chi connectivity index (χ0) is 18.1. The maximum Gasteiger partial charge on any atom is 0.255 e. The largest absolute Gasteiger partial charge is 0.490 e. The van der Waals surface area contributed by atoms with Crippen LogP contribution in [0.5, 0.6) is 5.75 Å². The number of nitrogens with one attached hydrogen (secondary N) is 1. The van der Waals surface area contributed by atoms with Crippen LogP contribution in [0, 0.1) is 6.92 Å². The third kappa shape index (κ3) is 5.95. The number of amides is 1. The van der Waals surface area contributed by atoms with E-state index in [1.165, 1.54) is 0 Å². The zero-order valence-corrected chi connectivity index (χ0v) is 14.8. The Morgan fingerprint density at radius 2 is 2.12 bits per heavy atom. The SMILES string of the molecule is CCC/C=C/COc1cccc(CNC(=O)c2ccc(C)nc2N)c1. The highest BCUT2D eigenvalue weighted by Crippen LogP contribution is 2.14. The van der Waals surface area contributed by atoms with Gasteiger partial charge in [-0.2, -0.15) is 0 Å². The molecule has 5 nitrogen and oxygen atoms in total. The fourth-order valence-corrected chi connectivity index (χ4v) is 2.29. The van der Waals surface area contributed by atoms with Crippen LogP contribution < -0.4 is 15.8 Å². The standard InChI is InChI=1S/C20H25N3O2/c1-3-4-5-6-12-25-17-9-7-8-16(13-17)14-22-20(24)18-11-10-15(2)23-19(18)21/h5-11,13H,3-4,12,14H2,1-2H3,(H2,21,23)(H,22,24)/b6-5+. The van der Waals surface area contributed by atoms with Gasteiger partial charge in [0.2, 0.25) is 0 Å². The first-order valence-corrected chi connectivity index (χ1v) is 8.48. The van der Waals surface area contributed by atoms with Gasteiger partial charge in [-0.25, -0.2) is 4.98 Å². The second-order valence-electron chi connectivity index (χ2n) is 5.79. The van der Waals surface area contributed by atoms with Gasteiger partial charge in [0.1, 0.15) is 18.2 Å². The first-order valence-electron chi connectivity index (χ1n) is 8.48. The highest BCUT2D eigenvalue weighted by molar-refractivity contribution is 5.98. The molecule has 0 spiro atoms. The summed E-state index contributed by atoms with van der Waals surface area (Å²) in [5.74, 6) is 0.789. The number of nitrogens with two attached hydrogens (primary N) is 1. The summed E-state index contributed by atoms with van der Waals surface area (Å²) in [4.78, 5) is 16.3. The monoisotopic (exact) mass is 339 g/mol. The number of pyridine rings is 1. The minimum absolute atomic E-state index is 0.237. The first kappa shape index (κ1) is 18.5. The van der Waals surface area contributed by atoms with Crippen molar-refractivity contribution < 1.29 is 9.53 Å². The number of nitrogens with zero attached hydrogens (tertiary/aromatic N) is 1. The zero-order valence-electron chi connectivity index (χ0n) is 14.8. The van der Waals surface area contributed by atoms with E-state index in [2.05, 4.69) is 23.3 Å². The van der Waals surface area contributed by atoms with Gasteiger partial charge in [-0.1, -0.05) is 37.6 Å². The van der Waals surface area contributed by atoms with E-state index >= 15 is 0 Å². The normalized spacial score (nSPS) is 10.8. The lowest BCUT2D eigenvalue weighted by Crippen LogP contribution is -2.24. The number of nitrogen functional groups attached to an aromatic ring is 1. The summed E-state index contributed by atoms with van der Waals surface area (Å²) in [6, 6.07) is 11.1. The number of benzene rings is 1. The van der Waals surface area contributed by atoms with Crippen molar-refractivity contribution in [3.63, 3.8) is 0 Å². The molecule has 2 rings (SSSR count). The second-order valence-corrected chi connectivity index (χ2v) is 5.79. The maximum atomic E-state index is 12.2. The Morgan fingerprint density at radius 3 is 2.88 bits per heavy atom. The molecule has 0 saturated heterocycles.